The summed E-state index contributed by atoms with van der Waals surface area (Å²) < 4.78 is 5.67. The smallest absolute Gasteiger partial charge is 0.306 e. The molecule has 1 saturated heterocycles. The number of benzene rings is 1. The first-order chi connectivity index (χ1) is 9.13. The van der Waals surface area contributed by atoms with Crippen molar-refractivity contribution in [2.45, 2.75) is 12.8 Å². The van der Waals surface area contributed by atoms with Crippen LogP contribution in [-0.2, 0) is 4.79 Å². The fourth-order valence-corrected chi connectivity index (χ4v) is 2.51. The van der Waals surface area contributed by atoms with Crippen LogP contribution in [0.5, 0.6) is 0 Å². The van der Waals surface area contributed by atoms with Crippen LogP contribution in [0.15, 0.2) is 22.6 Å². The third-order valence-corrected chi connectivity index (χ3v) is 3.69. The van der Waals surface area contributed by atoms with Crippen molar-refractivity contribution < 1.29 is 14.3 Å². The second-order valence-electron chi connectivity index (χ2n) is 4.71. The van der Waals surface area contributed by atoms with Crippen LogP contribution in [0.4, 0.5) is 6.01 Å². The summed E-state index contributed by atoms with van der Waals surface area (Å²) in [6.45, 7) is 1.30. The van der Waals surface area contributed by atoms with E-state index in [2.05, 4.69) is 4.98 Å². The Bertz CT molecular complexity index is 617. The molecule has 1 fully saturated rings. The van der Waals surface area contributed by atoms with Gasteiger partial charge in [0.25, 0.3) is 6.01 Å². The molecule has 1 N–H and O–H groups in total. The van der Waals surface area contributed by atoms with Crippen LogP contribution in [0.1, 0.15) is 12.8 Å². The van der Waals surface area contributed by atoms with Gasteiger partial charge in [0.05, 0.1) is 5.92 Å². The fraction of sp³-hybridized carbons (Fsp3) is 0.385. The Morgan fingerprint density at radius 2 is 2.16 bits per heavy atom. The number of carbonyl (C=O) groups is 1. The largest absolute Gasteiger partial charge is 0.481 e. The van der Waals surface area contributed by atoms with Crippen LogP contribution in [-0.4, -0.2) is 29.1 Å². The molecule has 1 aromatic heterocycles. The van der Waals surface area contributed by atoms with Crippen LogP contribution < -0.4 is 4.90 Å². The lowest BCUT2D eigenvalue weighted by molar-refractivity contribution is -0.142. The number of aromatic nitrogens is 1. The standard InChI is InChI=1S/C13H13ClN2O3/c14-9-1-2-11-10(7-9)15-13(19-11)16-5-3-8(4-6-16)12(17)18/h1-2,7-8H,3-6H2,(H,17,18). The highest BCUT2D eigenvalue weighted by Gasteiger charge is 2.26. The molecule has 6 heteroatoms. The van der Waals surface area contributed by atoms with Crippen LogP contribution >= 0.6 is 11.6 Å². The molecule has 100 valence electrons. The summed E-state index contributed by atoms with van der Waals surface area (Å²) in [7, 11) is 0. The Balaban J connectivity index is 1.80. The molecule has 19 heavy (non-hydrogen) atoms. The van der Waals surface area contributed by atoms with Crippen LogP contribution in [0.2, 0.25) is 5.02 Å². The van der Waals surface area contributed by atoms with E-state index in [4.69, 9.17) is 21.1 Å². The van der Waals surface area contributed by atoms with Gasteiger partial charge in [-0.25, -0.2) is 0 Å². The zero-order valence-corrected chi connectivity index (χ0v) is 10.9. The summed E-state index contributed by atoms with van der Waals surface area (Å²) in [6, 6.07) is 5.85. The van der Waals surface area contributed by atoms with Gasteiger partial charge in [-0.15, -0.1) is 0 Å². The Morgan fingerprint density at radius 3 is 2.84 bits per heavy atom. The molecule has 0 bridgehead atoms. The van der Waals surface area contributed by atoms with Gasteiger partial charge in [0, 0.05) is 18.1 Å². The van der Waals surface area contributed by atoms with Gasteiger partial charge >= 0.3 is 5.97 Å². The van der Waals surface area contributed by atoms with Gasteiger partial charge < -0.3 is 14.4 Å². The summed E-state index contributed by atoms with van der Waals surface area (Å²) in [6.07, 6.45) is 1.24. The van der Waals surface area contributed by atoms with Crippen LogP contribution in [0.3, 0.4) is 0 Å². The zero-order chi connectivity index (χ0) is 13.4. The van der Waals surface area contributed by atoms with E-state index in [9.17, 15) is 4.79 Å². The van der Waals surface area contributed by atoms with Gasteiger partial charge in [-0.2, -0.15) is 4.98 Å². The lowest BCUT2D eigenvalue weighted by Gasteiger charge is -2.28. The van der Waals surface area contributed by atoms with Gasteiger partial charge in [-0.1, -0.05) is 11.6 Å². The molecule has 1 aromatic carbocycles. The Hall–Kier alpha value is -1.75. The number of fused-ring (bicyclic) bond motifs is 1. The monoisotopic (exact) mass is 280 g/mol. The summed E-state index contributed by atoms with van der Waals surface area (Å²) >= 11 is 5.91. The zero-order valence-electron chi connectivity index (χ0n) is 10.2. The molecule has 0 amide bonds. The number of anilines is 1. The third-order valence-electron chi connectivity index (χ3n) is 3.45. The topological polar surface area (TPSA) is 66.6 Å². The van der Waals surface area contributed by atoms with Crippen molar-refractivity contribution in [1.29, 1.82) is 0 Å². The van der Waals surface area contributed by atoms with E-state index >= 15 is 0 Å². The Labute approximate surface area is 114 Å². The molecule has 0 spiro atoms. The van der Waals surface area contributed by atoms with Gasteiger partial charge in [0.2, 0.25) is 0 Å². The third kappa shape index (κ3) is 2.38. The number of aliphatic carboxylic acids is 1. The van der Waals surface area contributed by atoms with Crippen molar-refractivity contribution in [1.82, 2.24) is 4.98 Å². The highest BCUT2D eigenvalue weighted by Crippen LogP contribution is 2.27. The van der Waals surface area contributed by atoms with Gasteiger partial charge in [-0.3, -0.25) is 4.79 Å². The molecule has 3 rings (SSSR count). The van der Waals surface area contributed by atoms with E-state index < -0.39 is 5.97 Å². The first kappa shape index (κ1) is 12.3. The second-order valence-corrected chi connectivity index (χ2v) is 5.14. The maximum Gasteiger partial charge on any atom is 0.306 e. The highest BCUT2D eigenvalue weighted by atomic mass is 35.5. The van der Waals surface area contributed by atoms with E-state index in [1.807, 2.05) is 4.90 Å². The molecule has 0 aliphatic carbocycles. The lowest BCUT2D eigenvalue weighted by Crippen LogP contribution is -2.36. The van der Waals surface area contributed by atoms with Crippen molar-refractivity contribution in [2.75, 3.05) is 18.0 Å². The number of hydrogen-bond acceptors (Lipinski definition) is 4. The van der Waals surface area contributed by atoms with E-state index in [0.717, 1.165) is 5.52 Å². The lowest BCUT2D eigenvalue weighted by atomic mass is 9.97. The molecule has 1 aliphatic rings. The fourth-order valence-electron chi connectivity index (χ4n) is 2.34. The van der Waals surface area contributed by atoms with Crippen molar-refractivity contribution in [3.05, 3.63) is 23.2 Å². The van der Waals surface area contributed by atoms with E-state index in [1.165, 1.54) is 0 Å². The molecular weight excluding hydrogens is 268 g/mol. The van der Waals surface area contributed by atoms with E-state index in [-0.39, 0.29) is 5.92 Å². The first-order valence-electron chi connectivity index (χ1n) is 6.17. The van der Waals surface area contributed by atoms with Crippen molar-refractivity contribution in [3.63, 3.8) is 0 Å². The molecule has 5 nitrogen and oxygen atoms in total. The Morgan fingerprint density at radius 1 is 1.42 bits per heavy atom. The van der Waals surface area contributed by atoms with Gasteiger partial charge in [0.1, 0.15) is 5.52 Å². The molecule has 2 heterocycles. The number of rotatable bonds is 2. The SMILES string of the molecule is O=C(O)C1CCN(c2nc3cc(Cl)ccc3o2)CC1. The van der Waals surface area contributed by atoms with Gasteiger partial charge in [0.15, 0.2) is 5.58 Å². The van der Waals surface area contributed by atoms with E-state index in [0.29, 0.717) is 42.6 Å². The molecule has 0 radical (unpaired) electrons. The predicted octanol–water partition coefficient (Wildman–Crippen LogP) is 2.78. The summed E-state index contributed by atoms with van der Waals surface area (Å²) in [5, 5.41) is 9.59. The highest BCUT2D eigenvalue weighted by molar-refractivity contribution is 6.31. The first-order valence-corrected chi connectivity index (χ1v) is 6.55. The minimum Gasteiger partial charge on any atom is -0.481 e. The summed E-state index contributed by atoms with van der Waals surface area (Å²) in [5.74, 6) is -0.973. The summed E-state index contributed by atoms with van der Waals surface area (Å²) in [4.78, 5) is 17.3. The molecular formula is C13H13ClN2O3. The van der Waals surface area contributed by atoms with Crippen LogP contribution in [0.25, 0.3) is 11.1 Å². The summed E-state index contributed by atoms with van der Waals surface area (Å²) in [5.41, 5.74) is 1.42. The molecule has 1 aliphatic heterocycles. The maximum atomic E-state index is 10.9. The Kier molecular flexibility index (Phi) is 3.06. The number of nitrogens with zero attached hydrogens (tertiary/aromatic N) is 2. The molecule has 0 atom stereocenters. The minimum absolute atomic E-state index is 0.255. The molecule has 0 unspecified atom stereocenters. The number of hydrogen-bond donors (Lipinski definition) is 1. The number of halogens is 1. The maximum absolute atomic E-state index is 10.9. The minimum atomic E-state index is -0.719. The van der Waals surface area contributed by atoms with E-state index in [1.54, 1.807) is 18.2 Å². The predicted molar refractivity (Wildman–Crippen MR) is 71.6 cm³/mol. The average molecular weight is 281 g/mol. The quantitative estimate of drug-likeness (QED) is 0.916. The number of piperidine rings is 1. The molecule has 2 aromatic rings. The van der Waals surface area contributed by atoms with Crippen LogP contribution in [0, 0.1) is 5.92 Å². The average Bonchev–Trinajstić information content (AvgIpc) is 2.81. The van der Waals surface area contributed by atoms with Crippen molar-refractivity contribution in [2.24, 2.45) is 5.92 Å². The number of oxazole rings is 1. The number of carboxylic acid groups (broad SMARTS) is 1. The number of carboxylic acids is 1. The van der Waals surface area contributed by atoms with Crippen molar-refractivity contribution in [3.8, 4) is 0 Å². The normalized spacial score (nSPS) is 17.0. The van der Waals surface area contributed by atoms with Crippen molar-refractivity contribution >= 4 is 34.7 Å². The second kappa shape index (κ2) is 4.74. The van der Waals surface area contributed by atoms with Gasteiger partial charge in [-0.05, 0) is 31.0 Å². The molecule has 0 saturated carbocycles.